The molecule has 0 aliphatic heterocycles. The van der Waals surface area contributed by atoms with Gasteiger partial charge in [-0.05, 0) is 7.05 Å². The molecule has 0 spiro atoms. The van der Waals surface area contributed by atoms with Crippen molar-refractivity contribution in [2.45, 2.75) is 20.8 Å². The average molecular weight is 104 g/mol. The Kier molecular flexibility index (Phi) is 24.1. The number of hydrogen-bond donors (Lipinski definition) is 2. The number of rotatable bonds is 2. The van der Waals surface area contributed by atoms with Crippen molar-refractivity contribution in [2.24, 2.45) is 0 Å². The highest BCUT2D eigenvalue weighted by atomic mass is 15.3. The van der Waals surface area contributed by atoms with Crippen molar-refractivity contribution in [3.63, 3.8) is 0 Å². The van der Waals surface area contributed by atoms with Crippen molar-refractivity contribution >= 4 is 0 Å². The third-order valence-corrected chi connectivity index (χ3v) is 0.354. The van der Waals surface area contributed by atoms with Gasteiger partial charge < -0.3 is 0 Å². The standard InChI is InChI=1S/C3H10N2.C2H6/c1-3-5-4-2;1-2/h4-5H,3H2,1-2H3;1-2H3. The number of hydrogen-bond acceptors (Lipinski definition) is 2. The zero-order valence-electron chi connectivity index (χ0n) is 5.71. The van der Waals surface area contributed by atoms with Crippen LogP contribution in [0.1, 0.15) is 20.8 Å². The van der Waals surface area contributed by atoms with Crippen molar-refractivity contribution < 1.29 is 0 Å². The molecule has 0 aromatic rings. The van der Waals surface area contributed by atoms with Gasteiger partial charge in [-0.25, -0.2) is 0 Å². The Balaban J connectivity index is 0. The van der Waals surface area contributed by atoms with Gasteiger partial charge in [0.25, 0.3) is 0 Å². The third kappa shape index (κ3) is 24.7. The zero-order valence-corrected chi connectivity index (χ0v) is 5.71. The van der Waals surface area contributed by atoms with E-state index in [9.17, 15) is 0 Å². The van der Waals surface area contributed by atoms with E-state index in [2.05, 4.69) is 10.9 Å². The summed E-state index contributed by atoms with van der Waals surface area (Å²) >= 11 is 0. The smallest absolute Gasteiger partial charge is 0.00712 e. The minimum atomic E-state index is 0.983. The Morgan fingerprint density at radius 2 is 1.71 bits per heavy atom. The quantitative estimate of drug-likeness (QED) is 0.505. The molecule has 0 aliphatic carbocycles. The van der Waals surface area contributed by atoms with Crippen LogP contribution < -0.4 is 10.9 Å². The fourth-order valence-electron chi connectivity index (χ4n) is 0.177. The first-order valence-electron chi connectivity index (χ1n) is 2.81. The second-order valence-electron chi connectivity index (χ2n) is 0.780. The van der Waals surface area contributed by atoms with Crippen molar-refractivity contribution in [1.29, 1.82) is 0 Å². The van der Waals surface area contributed by atoms with Crippen molar-refractivity contribution in [2.75, 3.05) is 13.6 Å². The van der Waals surface area contributed by atoms with Gasteiger partial charge >= 0.3 is 0 Å². The maximum Gasteiger partial charge on any atom is 0.00712 e. The molecule has 46 valence electrons. The first-order valence-corrected chi connectivity index (χ1v) is 2.81. The molecule has 0 saturated carbocycles. The molecule has 0 heterocycles. The van der Waals surface area contributed by atoms with Crippen LogP contribution in [0.4, 0.5) is 0 Å². The van der Waals surface area contributed by atoms with E-state index in [1.807, 2.05) is 27.8 Å². The summed E-state index contributed by atoms with van der Waals surface area (Å²) in [7, 11) is 1.85. The predicted molar refractivity (Wildman–Crippen MR) is 34.1 cm³/mol. The lowest BCUT2D eigenvalue weighted by Gasteiger charge is -1.90. The highest BCUT2D eigenvalue weighted by Crippen LogP contribution is 1.36. The summed E-state index contributed by atoms with van der Waals surface area (Å²) in [5.41, 5.74) is 5.63. The average Bonchev–Trinajstić information content (AvgIpc) is 1.75. The zero-order chi connectivity index (χ0) is 6.12. The van der Waals surface area contributed by atoms with E-state index in [1.54, 1.807) is 0 Å². The van der Waals surface area contributed by atoms with Gasteiger partial charge in [0, 0.05) is 6.54 Å². The summed E-state index contributed by atoms with van der Waals surface area (Å²) in [4.78, 5) is 0. The van der Waals surface area contributed by atoms with Crippen LogP contribution >= 0.6 is 0 Å². The van der Waals surface area contributed by atoms with Gasteiger partial charge in [-0.1, -0.05) is 20.8 Å². The Morgan fingerprint density at radius 1 is 1.29 bits per heavy atom. The van der Waals surface area contributed by atoms with E-state index >= 15 is 0 Å². The monoisotopic (exact) mass is 104 g/mol. The minimum Gasteiger partial charge on any atom is -0.261 e. The second kappa shape index (κ2) is 16.8. The Labute approximate surface area is 46.3 Å². The topological polar surface area (TPSA) is 24.1 Å². The van der Waals surface area contributed by atoms with Crippen LogP contribution in [0.5, 0.6) is 0 Å². The maximum atomic E-state index is 2.86. The van der Waals surface area contributed by atoms with Crippen LogP contribution in [0.3, 0.4) is 0 Å². The highest BCUT2D eigenvalue weighted by molar-refractivity contribution is 4.17. The summed E-state index contributed by atoms with van der Waals surface area (Å²) in [6.45, 7) is 7.02. The first-order chi connectivity index (χ1) is 3.41. The number of hydrazine groups is 1. The molecule has 0 aromatic carbocycles. The summed E-state index contributed by atoms with van der Waals surface area (Å²) in [5.74, 6) is 0. The Morgan fingerprint density at radius 3 is 1.71 bits per heavy atom. The summed E-state index contributed by atoms with van der Waals surface area (Å²) < 4.78 is 0. The van der Waals surface area contributed by atoms with Crippen molar-refractivity contribution in [1.82, 2.24) is 10.9 Å². The Hall–Kier alpha value is -0.0800. The second-order valence-corrected chi connectivity index (χ2v) is 0.780. The van der Waals surface area contributed by atoms with E-state index in [0.717, 1.165) is 6.54 Å². The lowest BCUT2D eigenvalue weighted by atomic mass is 10.8. The summed E-state index contributed by atoms with van der Waals surface area (Å²) in [6, 6.07) is 0. The lowest BCUT2D eigenvalue weighted by molar-refractivity contribution is 0.623. The molecule has 0 fully saturated rings. The molecule has 7 heavy (non-hydrogen) atoms. The first kappa shape index (κ1) is 10.0. The molecule has 0 aliphatic rings. The van der Waals surface area contributed by atoms with Gasteiger partial charge in [0.05, 0.1) is 0 Å². The predicted octanol–water partition coefficient (Wildman–Crippen LogP) is 0.757. The van der Waals surface area contributed by atoms with E-state index < -0.39 is 0 Å². The van der Waals surface area contributed by atoms with E-state index in [-0.39, 0.29) is 0 Å². The van der Waals surface area contributed by atoms with Gasteiger partial charge in [0.2, 0.25) is 0 Å². The van der Waals surface area contributed by atoms with Crippen LogP contribution in [0.15, 0.2) is 0 Å². The molecule has 2 N–H and O–H groups in total. The number of nitrogens with one attached hydrogen (secondary N) is 2. The summed E-state index contributed by atoms with van der Waals surface area (Å²) in [5, 5.41) is 0. The molecule has 0 radical (unpaired) electrons. The molecule has 0 saturated heterocycles. The highest BCUT2D eigenvalue weighted by Gasteiger charge is 1.59. The molecular formula is C5H16N2. The van der Waals surface area contributed by atoms with E-state index in [4.69, 9.17) is 0 Å². The molecule has 0 bridgehead atoms. The third-order valence-electron chi connectivity index (χ3n) is 0.354. The molecule has 2 nitrogen and oxygen atoms in total. The molecular weight excluding hydrogens is 88.1 g/mol. The Bertz CT molecular complexity index is 13.6. The van der Waals surface area contributed by atoms with Gasteiger partial charge in [-0.15, -0.1) is 0 Å². The van der Waals surface area contributed by atoms with E-state index in [0.29, 0.717) is 0 Å². The van der Waals surface area contributed by atoms with Crippen LogP contribution in [0, 0.1) is 0 Å². The molecule has 0 rings (SSSR count). The van der Waals surface area contributed by atoms with Gasteiger partial charge in [0.1, 0.15) is 0 Å². The van der Waals surface area contributed by atoms with Gasteiger partial charge in [-0.2, -0.15) is 0 Å². The molecule has 0 atom stereocenters. The van der Waals surface area contributed by atoms with Crippen LogP contribution in [0.2, 0.25) is 0 Å². The minimum absolute atomic E-state index is 0.983. The summed E-state index contributed by atoms with van der Waals surface area (Å²) in [6.07, 6.45) is 0. The fourth-order valence-corrected chi connectivity index (χ4v) is 0.177. The lowest BCUT2D eigenvalue weighted by Crippen LogP contribution is -2.26. The molecule has 2 heteroatoms. The molecule has 0 unspecified atom stereocenters. The largest absolute Gasteiger partial charge is 0.261 e. The van der Waals surface area contributed by atoms with Crippen molar-refractivity contribution in [3.05, 3.63) is 0 Å². The maximum absolute atomic E-state index is 2.86. The van der Waals surface area contributed by atoms with Crippen LogP contribution in [0.25, 0.3) is 0 Å². The van der Waals surface area contributed by atoms with E-state index in [1.165, 1.54) is 0 Å². The normalized spacial score (nSPS) is 6.86. The van der Waals surface area contributed by atoms with Crippen LogP contribution in [-0.2, 0) is 0 Å². The van der Waals surface area contributed by atoms with Crippen LogP contribution in [-0.4, -0.2) is 13.6 Å². The van der Waals surface area contributed by atoms with Gasteiger partial charge in [0.15, 0.2) is 0 Å². The fraction of sp³-hybridized carbons (Fsp3) is 1.00. The molecule has 0 amide bonds. The van der Waals surface area contributed by atoms with Gasteiger partial charge in [-0.3, -0.25) is 10.9 Å². The molecule has 0 aromatic heterocycles. The van der Waals surface area contributed by atoms with Crippen molar-refractivity contribution in [3.8, 4) is 0 Å². The SMILES string of the molecule is CC.CCNNC.